The Bertz CT molecular complexity index is 609. The van der Waals surface area contributed by atoms with Crippen molar-refractivity contribution in [3.63, 3.8) is 0 Å². The summed E-state index contributed by atoms with van der Waals surface area (Å²) in [5.74, 6) is 0.131. The van der Waals surface area contributed by atoms with E-state index in [1.807, 2.05) is 19.1 Å². The fraction of sp³-hybridized carbons (Fsp3) is 0.438. The van der Waals surface area contributed by atoms with Gasteiger partial charge in [0.2, 0.25) is 11.0 Å². The lowest BCUT2D eigenvalue weighted by Gasteiger charge is -2.16. The topological polar surface area (TPSA) is 46.1 Å². The van der Waals surface area contributed by atoms with Crippen molar-refractivity contribution in [2.75, 3.05) is 11.4 Å². The summed E-state index contributed by atoms with van der Waals surface area (Å²) in [7, 11) is 0. The van der Waals surface area contributed by atoms with Gasteiger partial charge >= 0.3 is 0 Å². The first-order chi connectivity index (χ1) is 10.2. The monoisotopic (exact) mass is 303 g/mol. The van der Waals surface area contributed by atoms with E-state index in [9.17, 15) is 4.79 Å². The number of hydrogen-bond donors (Lipinski definition) is 0. The molecule has 1 aromatic heterocycles. The lowest BCUT2D eigenvalue weighted by Crippen LogP contribution is -2.30. The summed E-state index contributed by atoms with van der Waals surface area (Å²) in [6, 6.07) is 8.17. The third-order valence-electron chi connectivity index (χ3n) is 3.27. The van der Waals surface area contributed by atoms with E-state index in [1.165, 1.54) is 16.9 Å². The number of carbonyl (C=O) groups excluding carboxylic acids is 1. The number of hydrogen-bond acceptors (Lipinski definition) is 4. The van der Waals surface area contributed by atoms with Crippen molar-refractivity contribution < 1.29 is 4.79 Å². The standard InChI is InChI=1S/C16H21N3OS/c1-4-6-10-14(20)19(5-2)16-18-17-15(21-16)13-9-7-8-12(3)11-13/h7-9,11H,4-6,10H2,1-3H3. The molecule has 1 heterocycles. The summed E-state index contributed by atoms with van der Waals surface area (Å²) >= 11 is 1.47. The second kappa shape index (κ2) is 7.31. The van der Waals surface area contributed by atoms with Gasteiger partial charge < -0.3 is 0 Å². The number of aryl methyl sites for hydroxylation is 1. The Kier molecular flexibility index (Phi) is 5.44. The molecule has 4 nitrogen and oxygen atoms in total. The Morgan fingerprint density at radius 2 is 2.10 bits per heavy atom. The minimum absolute atomic E-state index is 0.131. The number of nitrogens with zero attached hydrogens (tertiary/aromatic N) is 3. The molecule has 112 valence electrons. The fourth-order valence-corrected chi connectivity index (χ4v) is 3.02. The Balaban J connectivity index is 2.19. The molecule has 0 radical (unpaired) electrons. The van der Waals surface area contributed by atoms with Crippen molar-refractivity contribution in [1.29, 1.82) is 0 Å². The average molecular weight is 303 g/mol. The molecule has 0 aliphatic heterocycles. The minimum atomic E-state index is 0.131. The lowest BCUT2D eigenvalue weighted by molar-refractivity contribution is -0.118. The third kappa shape index (κ3) is 3.88. The van der Waals surface area contributed by atoms with Crippen LogP contribution in [0.2, 0.25) is 0 Å². The van der Waals surface area contributed by atoms with Crippen LogP contribution < -0.4 is 4.90 Å². The quantitative estimate of drug-likeness (QED) is 0.808. The molecule has 2 rings (SSSR count). The van der Waals surface area contributed by atoms with E-state index in [-0.39, 0.29) is 5.91 Å². The van der Waals surface area contributed by atoms with Crippen LogP contribution in [0.3, 0.4) is 0 Å². The van der Waals surface area contributed by atoms with Crippen LogP contribution in [-0.2, 0) is 4.79 Å². The van der Waals surface area contributed by atoms with E-state index in [0.29, 0.717) is 18.1 Å². The molecule has 2 aromatic rings. The van der Waals surface area contributed by atoms with E-state index >= 15 is 0 Å². The summed E-state index contributed by atoms with van der Waals surface area (Å²) in [6.07, 6.45) is 2.51. The molecule has 1 amide bonds. The van der Waals surface area contributed by atoms with E-state index in [4.69, 9.17) is 0 Å². The first-order valence-electron chi connectivity index (χ1n) is 7.36. The van der Waals surface area contributed by atoms with Gasteiger partial charge in [-0.3, -0.25) is 9.69 Å². The van der Waals surface area contributed by atoms with E-state index < -0.39 is 0 Å². The maximum atomic E-state index is 12.2. The molecule has 5 heteroatoms. The van der Waals surface area contributed by atoms with Gasteiger partial charge in [-0.25, -0.2) is 0 Å². The van der Waals surface area contributed by atoms with Gasteiger partial charge in [0.25, 0.3) is 0 Å². The van der Waals surface area contributed by atoms with Crippen molar-refractivity contribution in [3.8, 4) is 10.6 Å². The van der Waals surface area contributed by atoms with Gasteiger partial charge in [-0.15, -0.1) is 10.2 Å². The molecular formula is C16H21N3OS. The van der Waals surface area contributed by atoms with Crippen molar-refractivity contribution in [1.82, 2.24) is 10.2 Å². The van der Waals surface area contributed by atoms with Gasteiger partial charge in [-0.1, -0.05) is 48.4 Å². The molecular weight excluding hydrogens is 282 g/mol. The number of amides is 1. The Hall–Kier alpha value is -1.75. The lowest BCUT2D eigenvalue weighted by atomic mass is 10.1. The molecule has 21 heavy (non-hydrogen) atoms. The fourth-order valence-electron chi connectivity index (χ4n) is 2.10. The van der Waals surface area contributed by atoms with Crippen LogP contribution in [0.4, 0.5) is 5.13 Å². The number of rotatable bonds is 6. The zero-order valence-electron chi connectivity index (χ0n) is 12.8. The second-order valence-corrected chi connectivity index (χ2v) is 5.96. The largest absolute Gasteiger partial charge is 0.287 e. The normalized spacial score (nSPS) is 10.6. The highest BCUT2D eigenvalue weighted by atomic mass is 32.1. The van der Waals surface area contributed by atoms with Gasteiger partial charge in [-0.2, -0.15) is 0 Å². The summed E-state index contributed by atoms with van der Waals surface area (Å²) in [5.41, 5.74) is 2.24. The molecule has 0 N–H and O–H groups in total. The smallest absolute Gasteiger partial charge is 0.228 e. The molecule has 0 fully saturated rings. The Morgan fingerprint density at radius 1 is 1.29 bits per heavy atom. The molecule has 0 saturated carbocycles. The highest BCUT2D eigenvalue weighted by Gasteiger charge is 2.18. The van der Waals surface area contributed by atoms with Crippen LogP contribution in [0.25, 0.3) is 10.6 Å². The Morgan fingerprint density at radius 3 is 2.76 bits per heavy atom. The van der Waals surface area contributed by atoms with Crippen LogP contribution in [0.1, 0.15) is 38.7 Å². The highest BCUT2D eigenvalue weighted by molar-refractivity contribution is 7.18. The maximum absolute atomic E-state index is 12.2. The molecule has 0 atom stereocenters. The van der Waals surface area contributed by atoms with Gasteiger partial charge in [0.05, 0.1) is 0 Å². The third-order valence-corrected chi connectivity index (χ3v) is 4.27. The number of carbonyl (C=O) groups is 1. The molecule has 0 aliphatic carbocycles. The number of anilines is 1. The molecule has 0 saturated heterocycles. The second-order valence-electron chi connectivity index (χ2n) is 5.00. The van der Waals surface area contributed by atoms with Crippen molar-refractivity contribution >= 4 is 22.4 Å². The molecule has 0 aliphatic rings. The SMILES string of the molecule is CCCCC(=O)N(CC)c1nnc(-c2cccc(C)c2)s1. The number of benzene rings is 1. The first kappa shape index (κ1) is 15.6. The molecule has 0 spiro atoms. The van der Waals surface area contributed by atoms with Crippen LogP contribution in [0, 0.1) is 6.92 Å². The number of aromatic nitrogens is 2. The van der Waals surface area contributed by atoms with Crippen molar-refractivity contribution in [3.05, 3.63) is 29.8 Å². The van der Waals surface area contributed by atoms with Crippen molar-refractivity contribution in [2.45, 2.75) is 40.0 Å². The van der Waals surface area contributed by atoms with E-state index in [0.717, 1.165) is 23.4 Å². The van der Waals surface area contributed by atoms with Crippen LogP contribution in [0.5, 0.6) is 0 Å². The van der Waals surface area contributed by atoms with Gasteiger partial charge in [0.1, 0.15) is 5.01 Å². The number of unbranched alkanes of at least 4 members (excludes halogenated alkanes) is 1. The van der Waals surface area contributed by atoms with Crippen LogP contribution in [0.15, 0.2) is 24.3 Å². The minimum Gasteiger partial charge on any atom is -0.287 e. The zero-order chi connectivity index (χ0) is 15.2. The molecule has 0 unspecified atom stereocenters. The maximum Gasteiger partial charge on any atom is 0.228 e. The van der Waals surface area contributed by atoms with Gasteiger partial charge in [-0.05, 0) is 26.3 Å². The Labute approximate surface area is 129 Å². The first-order valence-corrected chi connectivity index (χ1v) is 8.18. The van der Waals surface area contributed by atoms with Gasteiger partial charge in [0, 0.05) is 18.5 Å². The van der Waals surface area contributed by atoms with E-state index in [2.05, 4.69) is 36.2 Å². The van der Waals surface area contributed by atoms with Crippen LogP contribution in [-0.4, -0.2) is 22.6 Å². The van der Waals surface area contributed by atoms with Gasteiger partial charge in [0.15, 0.2) is 0 Å². The summed E-state index contributed by atoms with van der Waals surface area (Å²) in [6.45, 7) is 6.74. The van der Waals surface area contributed by atoms with E-state index in [1.54, 1.807) is 4.90 Å². The average Bonchev–Trinajstić information content (AvgIpc) is 2.95. The summed E-state index contributed by atoms with van der Waals surface area (Å²) in [5, 5.41) is 9.98. The zero-order valence-corrected chi connectivity index (χ0v) is 13.6. The van der Waals surface area contributed by atoms with Crippen molar-refractivity contribution in [2.24, 2.45) is 0 Å². The molecule has 0 bridgehead atoms. The van der Waals surface area contributed by atoms with Crippen LogP contribution >= 0.6 is 11.3 Å². The predicted octanol–water partition coefficient (Wildman–Crippen LogP) is 4.06. The summed E-state index contributed by atoms with van der Waals surface area (Å²) in [4.78, 5) is 13.9. The summed E-state index contributed by atoms with van der Waals surface area (Å²) < 4.78 is 0. The highest BCUT2D eigenvalue weighted by Crippen LogP contribution is 2.29. The predicted molar refractivity (Wildman–Crippen MR) is 87.6 cm³/mol. The molecule has 1 aromatic carbocycles.